The Morgan fingerprint density at radius 1 is 1.17 bits per heavy atom. The van der Waals surface area contributed by atoms with Crippen LogP contribution >= 0.6 is 39.1 Å². The van der Waals surface area contributed by atoms with Crippen molar-refractivity contribution in [2.45, 2.75) is 23.3 Å². The van der Waals surface area contributed by atoms with Gasteiger partial charge in [0.05, 0.1) is 17.1 Å². The molecule has 9 heteroatoms. The average Bonchev–Trinajstić information content (AvgIpc) is 2.45. The van der Waals surface area contributed by atoms with Crippen molar-refractivity contribution in [1.29, 1.82) is 0 Å². The Bertz CT molecular complexity index is 850. The molecular weight excluding hydrogens is 449 g/mol. The lowest BCUT2D eigenvalue weighted by Gasteiger charge is -2.11. The second-order valence-corrected chi connectivity index (χ2v) is 8.51. The summed E-state index contributed by atoms with van der Waals surface area (Å²) in [6.07, 6.45) is 0. The number of halogens is 5. The number of hydrogen-bond acceptors (Lipinski definition) is 3. The Morgan fingerprint density at radius 2 is 1.75 bits per heavy atom. The number of hydrogen-bond donors (Lipinski definition) is 0. The van der Waals surface area contributed by atoms with E-state index >= 15 is 0 Å². The molecule has 0 saturated carbocycles. The first-order valence-corrected chi connectivity index (χ1v) is 9.61. The van der Waals surface area contributed by atoms with Crippen molar-refractivity contribution in [3.8, 4) is 0 Å². The predicted molar refractivity (Wildman–Crippen MR) is 91.7 cm³/mol. The topological polar surface area (TPSA) is 43.4 Å². The van der Waals surface area contributed by atoms with E-state index in [4.69, 9.17) is 27.4 Å². The van der Waals surface area contributed by atoms with Gasteiger partial charge in [-0.3, -0.25) is 4.18 Å². The van der Waals surface area contributed by atoms with Crippen molar-refractivity contribution < 1.29 is 21.4 Å². The molecule has 0 unspecified atom stereocenters. The van der Waals surface area contributed by atoms with Gasteiger partial charge in [-0.05, 0) is 42.3 Å². The van der Waals surface area contributed by atoms with Gasteiger partial charge in [-0.2, -0.15) is 8.42 Å². The summed E-state index contributed by atoms with van der Waals surface area (Å²) in [6.45, 7) is 0.943. The predicted octanol–water partition coefficient (Wildman–Crippen LogP) is 5.42. The van der Waals surface area contributed by atoms with Gasteiger partial charge in [-0.1, -0.05) is 22.0 Å². The summed E-state index contributed by atoms with van der Waals surface area (Å²) in [7, 11) is -4.24. The Balaban J connectivity index is 2.28. The molecule has 0 radical (unpaired) electrons. The molecule has 2 aromatic rings. The third-order valence-electron chi connectivity index (χ3n) is 3.24. The van der Waals surface area contributed by atoms with Gasteiger partial charge in [0.1, 0.15) is 16.5 Å². The zero-order valence-corrected chi connectivity index (χ0v) is 16.1. The molecule has 24 heavy (non-hydrogen) atoms. The van der Waals surface area contributed by atoms with E-state index in [0.717, 1.165) is 12.1 Å². The van der Waals surface area contributed by atoms with E-state index in [1.165, 1.54) is 18.2 Å². The fourth-order valence-corrected chi connectivity index (χ4v) is 3.71. The highest BCUT2D eigenvalue weighted by Crippen LogP contribution is 2.30. The molecule has 0 N–H and O–H groups in total. The summed E-state index contributed by atoms with van der Waals surface area (Å²) in [6, 6.07) is 6.13. The molecular formula is C15H11BrCl2F2O3S. The van der Waals surface area contributed by atoms with Crippen LogP contribution in [0, 0.1) is 18.6 Å². The molecule has 0 aliphatic rings. The van der Waals surface area contributed by atoms with Gasteiger partial charge in [0, 0.05) is 4.47 Å². The van der Waals surface area contributed by atoms with E-state index in [1.54, 1.807) is 6.92 Å². The third-order valence-corrected chi connectivity index (χ3v) is 5.43. The summed E-state index contributed by atoms with van der Waals surface area (Å²) in [5.74, 6) is -1.83. The largest absolute Gasteiger partial charge is 0.297 e. The summed E-state index contributed by atoms with van der Waals surface area (Å²) in [5, 5.41) is 0. The van der Waals surface area contributed by atoms with Crippen molar-refractivity contribution in [2.24, 2.45) is 0 Å². The average molecular weight is 460 g/mol. The Kier molecular flexibility index (Phi) is 6.25. The van der Waals surface area contributed by atoms with Crippen LogP contribution in [-0.2, 0) is 20.9 Å². The molecule has 130 valence electrons. The highest BCUT2D eigenvalue weighted by atomic mass is 79.9. The lowest BCUT2D eigenvalue weighted by molar-refractivity contribution is 0.295. The summed E-state index contributed by atoms with van der Waals surface area (Å²) in [4.78, 5) is -1.12. The van der Waals surface area contributed by atoms with Crippen LogP contribution in [0.4, 0.5) is 8.78 Å². The zero-order chi connectivity index (χ0) is 18.1. The molecule has 0 saturated heterocycles. The number of benzene rings is 2. The molecule has 0 amide bonds. The standard InChI is InChI=1S/C15H11BrCl2F2O3S/c1-8-2-3-10(6-11(8)15(17)18)24(21,22)23-7-12-13(19)4-9(16)5-14(12)20/h2-6,15H,7H2,1H3. The van der Waals surface area contributed by atoms with Crippen molar-refractivity contribution >= 4 is 49.2 Å². The first-order valence-electron chi connectivity index (χ1n) is 6.53. The van der Waals surface area contributed by atoms with Gasteiger partial charge >= 0.3 is 0 Å². The van der Waals surface area contributed by atoms with Crippen LogP contribution < -0.4 is 0 Å². The van der Waals surface area contributed by atoms with E-state index in [0.29, 0.717) is 11.1 Å². The number of aryl methyl sites for hydroxylation is 1. The van der Waals surface area contributed by atoms with Gasteiger partial charge in [0.15, 0.2) is 0 Å². The van der Waals surface area contributed by atoms with Crippen molar-refractivity contribution in [1.82, 2.24) is 0 Å². The Hall–Kier alpha value is -0.730. The maximum Gasteiger partial charge on any atom is 0.297 e. The summed E-state index contributed by atoms with van der Waals surface area (Å²) < 4.78 is 56.9. The molecule has 3 nitrogen and oxygen atoms in total. The lowest BCUT2D eigenvalue weighted by Crippen LogP contribution is -2.09. The zero-order valence-electron chi connectivity index (χ0n) is 12.2. The van der Waals surface area contributed by atoms with Crippen molar-refractivity contribution in [3.05, 3.63) is 63.1 Å². The highest BCUT2D eigenvalue weighted by molar-refractivity contribution is 9.10. The SMILES string of the molecule is Cc1ccc(S(=O)(=O)OCc2c(F)cc(Br)cc2F)cc1C(Cl)Cl. The molecule has 2 rings (SSSR count). The first-order chi connectivity index (χ1) is 11.1. The maximum atomic E-state index is 13.7. The van der Waals surface area contributed by atoms with Crippen molar-refractivity contribution in [3.63, 3.8) is 0 Å². The van der Waals surface area contributed by atoms with E-state index in [1.807, 2.05) is 0 Å². The maximum absolute atomic E-state index is 13.7. The Morgan fingerprint density at radius 3 is 2.29 bits per heavy atom. The lowest BCUT2D eigenvalue weighted by atomic mass is 10.1. The second-order valence-electron chi connectivity index (χ2n) is 4.88. The van der Waals surface area contributed by atoms with Crippen LogP contribution in [0.15, 0.2) is 39.7 Å². The molecule has 0 aromatic heterocycles. The minimum atomic E-state index is -4.24. The number of rotatable bonds is 5. The quantitative estimate of drug-likeness (QED) is 0.443. The molecule has 0 heterocycles. The van der Waals surface area contributed by atoms with E-state index < -0.39 is 38.8 Å². The van der Waals surface area contributed by atoms with Crippen LogP contribution in [0.25, 0.3) is 0 Å². The van der Waals surface area contributed by atoms with Gasteiger partial charge in [-0.25, -0.2) is 8.78 Å². The fourth-order valence-electron chi connectivity index (χ4n) is 1.92. The number of alkyl halides is 2. The van der Waals surface area contributed by atoms with Crippen LogP contribution in [0.2, 0.25) is 0 Å². The molecule has 0 spiro atoms. The van der Waals surface area contributed by atoms with Crippen LogP contribution in [0.3, 0.4) is 0 Å². The van der Waals surface area contributed by atoms with Crippen LogP contribution in [0.5, 0.6) is 0 Å². The highest BCUT2D eigenvalue weighted by Gasteiger charge is 2.21. The first kappa shape index (κ1) is 19.6. The Labute approximate surface area is 156 Å². The molecule has 0 aliphatic carbocycles. The van der Waals surface area contributed by atoms with E-state index in [-0.39, 0.29) is 9.37 Å². The van der Waals surface area contributed by atoms with Gasteiger partial charge in [-0.15, -0.1) is 23.2 Å². The van der Waals surface area contributed by atoms with Crippen LogP contribution in [-0.4, -0.2) is 8.42 Å². The van der Waals surface area contributed by atoms with Crippen LogP contribution in [0.1, 0.15) is 21.5 Å². The second kappa shape index (κ2) is 7.66. The van der Waals surface area contributed by atoms with E-state index in [2.05, 4.69) is 15.9 Å². The van der Waals surface area contributed by atoms with Crippen molar-refractivity contribution in [2.75, 3.05) is 0 Å². The minimum Gasteiger partial charge on any atom is -0.261 e. The van der Waals surface area contributed by atoms with E-state index in [9.17, 15) is 17.2 Å². The van der Waals surface area contributed by atoms with Gasteiger partial charge in [0.2, 0.25) is 0 Å². The summed E-state index contributed by atoms with van der Waals surface area (Å²) in [5.41, 5.74) is 0.625. The smallest absolute Gasteiger partial charge is 0.261 e. The molecule has 0 aliphatic heterocycles. The normalized spacial score (nSPS) is 12.0. The van der Waals surface area contributed by atoms with Gasteiger partial charge in [0.25, 0.3) is 10.1 Å². The third kappa shape index (κ3) is 4.46. The monoisotopic (exact) mass is 458 g/mol. The molecule has 0 bridgehead atoms. The minimum absolute atomic E-state index is 0.197. The molecule has 0 fully saturated rings. The molecule has 2 aromatic carbocycles. The fraction of sp³-hybridized carbons (Fsp3) is 0.200. The van der Waals surface area contributed by atoms with Gasteiger partial charge < -0.3 is 0 Å². The molecule has 0 atom stereocenters. The summed E-state index contributed by atoms with van der Waals surface area (Å²) >= 11 is 14.5.